The molecule has 0 N–H and O–H groups in total. The molecule has 0 unspecified atom stereocenters. The summed E-state index contributed by atoms with van der Waals surface area (Å²) in [5, 5.41) is 0. The average molecular weight is 405 g/mol. The standard InChI is InChI=1S/C21H18F3NO4/c1-27-17-11-13(12-18(28-2)20(17)29-3)16-5-4-6-19(26)25(16)15-9-7-14(8-10-15)21(22,23)24/h4-12H,1-3H3. The molecule has 0 fully saturated rings. The first-order chi connectivity index (χ1) is 13.8. The first kappa shape index (κ1) is 20.3. The van der Waals surface area contributed by atoms with Gasteiger partial charge >= 0.3 is 6.18 Å². The number of methoxy groups -OCH3 is 3. The Morgan fingerprint density at radius 2 is 1.41 bits per heavy atom. The van der Waals surface area contributed by atoms with E-state index in [0.717, 1.165) is 12.1 Å². The van der Waals surface area contributed by atoms with E-state index in [2.05, 4.69) is 0 Å². The van der Waals surface area contributed by atoms with Crippen LogP contribution in [0.1, 0.15) is 5.56 Å². The van der Waals surface area contributed by atoms with Crippen molar-refractivity contribution >= 4 is 0 Å². The molecule has 1 aromatic heterocycles. The van der Waals surface area contributed by atoms with Gasteiger partial charge < -0.3 is 14.2 Å². The van der Waals surface area contributed by atoms with Gasteiger partial charge in [-0.3, -0.25) is 9.36 Å². The fourth-order valence-corrected chi connectivity index (χ4v) is 3.01. The van der Waals surface area contributed by atoms with Gasteiger partial charge in [-0.1, -0.05) is 6.07 Å². The van der Waals surface area contributed by atoms with Gasteiger partial charge in [0.05, 0.1) is 32.6 Å². The van der Waals surface area contributed by atoms with Crippen LogP contribution in [0.25, 0.3) is 16.9 Å². The third-order valence-electron chi connectivity index (χ3n) is 4.37. The van der Waals surface area contributed by atoms with E-state index in [1.54, 1.807) is 24.3 Å². The lowest BCUT2D eigenvalue weighted by Crippen LogP contribution is -2.19. The molecule has 0 amide bonds. The number of hydrogen-bond donors (Lipinski definition) is 0. The second-order valence-electron chi connectivity index (χ2n) is 6.04. The summed E-state index contributed by atoms with van der Waals surface area (Å²) in [6.45, 7) is 0. The molecule has 152 valence electrons. The predicted octanol–water partition coefficient (Wildman–Crippen LogP) is 4.55. The highest BCUT2D eigenvalue weighted by Crippen LogP contribution is 2.41. The molecule has 29 heavy (non-hydrogen) atoms. The van der Waals surface area contributed by atoms with E-state index in [1.165, 1.54) is 44.1 Å². The molecule has 0 radical (unpaired) electrons. The summed E-state index contributed by atoms with van der Waals surface area (Å²) >= 11 is 0. The van der Waals surface area contributed by atoms with Crippen LogP contribution in [0.5, 0.6) is 17.2 Å². The van der Waals surface area contributed by atoms with Crippen LogP contribution in [0.4, 0.5) is 13.2 Å². The lowest BCUT2D eigenvalue weighted by Gasteiger charge is -2.17. The topological polar surface area (TPSA) is 49.7 Å². The highest BCUT2D eigenvalue weighted by molar-refractivity contribution is 5.70. The van der Waals surface area contributed by atoms with Gasteiger partial charge in [0.15, 0.2) is 11.5 Å². The van der Waals surface area contributed by atoms with Crippen LogP contribution in [0.3, 0.4) is 0 Å². The fourth-order valence-electron chi connectivity index (χ4n) is 3.01. The van der Waals surface area contributed by atoms with E-state index in [-0.39, 0.29) is 0 Å². The highest BCUT2D eigenvalue weighted by atomic mass is 19.4. The number of benzene rings is 2. The lowest BCUT2D eigenvalue weighted by atomic mass is 10.1. The van der Waals surface area contributed by atoms with Crippen LogP contribution in [0, 0.1) is 0 Å². The minimum absolute atomic E-state index is 0.298. The van der Waals surface area contributed by atoms with Crippen molar-refractivity contribution in [1.29, 1.82) is 0 Å². The Morgan fingerprint density at radius 1 is 0.828 bits per heavy atom. The second-order valence-corrected chi connectivity index (χ2v) is 6.04. The number of halogens is 3. The Kier molecular flexibility index (Phi) is 5.54. The first-order valence-electron chi connectivity index (χ1n) is 8.50. The molecule has 0 atom stereocenters. The number of aromatic nitrogens is 1. The quantitative estimate of drug-likeness (QED) is 0.625. The highest BCUT2D eigenvalue weighted by Gasteiger charge is 2.30. The van der Waals surface area contributed by atoms with E-state index in [0.29, 0.717) is 34.2 Å². The summed E-state index contributed by atoms with van der Waals surface area (Å²) < 4.78 is 56.0. The molecule has 8 heteroatoms. The summed E-state index contributed by atoms with van der Waals surface area (Å²) in [5.41, 5.74) is 0.136. The van der Waals surface area contributed by atoms with Crippen molar-refractivity contribution in [2.24, 2.45) is 0 Å². The molecule has 0 saturated heterocycles. The van der Waals surface area contributed by atoms with Crippen molar-refractivity contribution < 1.29 is 27.4 Å². The van der Waals surface area contributed by atoms with Crippen LogP contribution >= 0.6 is 0 Å². The molecule has 3 aromatic rings. The average Bonchev–Trinajstić information content (AvgIpc) is 2.71. The van der Waals surface area contributed by atoms with Crippen LogP contribution in [0.2, 0.25) is 0 Å². The Morgan fingerprint density at radius 3 is 1.90 bits per heavy atom. The third-order valence-corrected chi connectivity index (χ3v) is 4.37. The Bertz CT molecular complexity index is 1050. The SMILES string of the molecule is COc1cc(-c2cccc(=O)n2-c2ccc(C(F)(F)F)cc2)cc(OC)c1OC. The molecule has 0 bridgehead atoms. The summed E-state index contributed by atoms with van der Waals surface area (Å²) in [5.74, 6) is 1.16. The van der Waals surface area contributed by atoms with Gasteiger partial charge in [-0.2, -0.15) is 13.2 Å². The van der Waals surface area contributed by atoms with Gasteiger partial charge in [-0.25, -0.2) is 0 Å². The Labute approximate surface area is 164 Å². The number of nitrogens with zero attached hydrogens (tertiary/aromatic N) is 1. The van der Waals surface area contributed by atoms with E-state index >= 15 is 0 Å². The molecule has 0 aliphatic heterocycles. The summed E-state index contributed by atoms with van der Waals surface area (Å²) in [6, 6.07) is 12.3. The minimum atomic E-state index is -4.46. The number of hydrogen-bond acceptors (Lipinski definition) is 4. The molecule has 0 spiro atoms. The molecular formula is C21H18F3NO4. The summed E-state index contributed by atoms with van der Waals surface area (Å²) in [4.78, 5) is 12.6. The van der Waals surface area contributed by atoms with Crippen LogP contribution in [-0.4, -0.2) is 25.9 Å². The summed E-state index contributed by atoms with van der Waals surface area (Å²) in [6.07, 6.45) is -4.46. The second kappa shape index (κ2) is 7.90. The van der Waals surface area contributed by atoms with Gasteiger partial charge in [-0.05, 0) is 42.5 Å². The molecule has 5 nitrogen and oxygen atoms in total. The Hall–Kier alpha value is -3.42. The third kappa shape index (κ3) is 3.91. The zero-order valence-corrected chi connectivity index (χ0v) is 15.9. The monoisotopic (exact) mass is 405 g/mol. The predicted molar refractivity (Wildman–Crippen MR) is 102 cm³/mol. The molecule has 0 aliphatic carbocycles. The van der Waals surface area contributed by atoms with Gasteiger partial charge in [0, 0.05) is 17.3 Å². The maximum atomic E-state index is 12.9. The van der Waals surface area contributed by atoms with Crippen molar-refractivity contribution in [2.45, 2.75) is 6.18 Å². The number of pyridine rings is 1. The van der Waals surface area contributed by atoms with Crippen molar-refractivity contribution in [2.75, 3.05) is 21.3 Å². The number of ether oxygens (including phenoxy) is 3. The zero-order chi connectivity index (χ0) is 21.2. The zero-order valence-electron chi connectivity index (χ0n) is 15.9. The van der Waals surface area contributed by atoms with E-state index in [9.17, 15) is 18.0 Å². The van der Waals surface area contributed by atoms with Gasteiger partial charge in [-0.15, -0.1) is 0 Å². The molecule has 0 saturated carbocycles. The lowest BCUT2D eigenvalue weighted by molar-refractivity contribution is -0.137. The normalized spacial score (nSPS) is 11.2. The van der Waals surface area contributed by atoms with Crippen molar-refractivity contribution in [1.82, 2.24) is 4.57 Å². The molecule has 0 aliphatic rings. The van der Waals surface area contributed by atoms with Crippen LogP contribution < -0.4 is 19.8 Å². The van der Waals surface area contributed by atoms with Gasteiger partial charge in [0.2, 0.25) is 5.75 Å². The molecule has 3 rings (SSSR count). The van der Waals surface area contributed by atoms with E-state index in [1.807, 2.05) is 0 Å². The van der Waals surface area contributed by atoms with E-state index < -0.39 is 17.3 Å². The fraction of sp³-hybridized carbons (Fsp3) is 0.190. The first-order valence-corrected chi connectivity index (χ1v) is 8.50. The van der Waals surface area contributed by atoms with Crippen molar-refractivity contribution in [3.05, 3.63) is 70.5 Å². The van der Waals surface area contributed by atoms with Crippen molar-refractivity contribution in [3.63, 3.8) is 0 Å². The largest absolute Gasteiger partial charge is 0.493 e. The smallest absolute Gasteiger partial charge is 0.416 e. The summed E-state index contributed by atoms with van der Waals surface area (Å²) in [7, 11) is 4.41. The maximum absolute atomic E-state index is 12.9. The minimum Gasteiger partial charge on any atom is -0.493 e. The molecule has 1 heterocycles. The number of alkyl halides is 3. The van der Waals surface area contributed by atoms with E-state index in [4.69, 9.17) is 14.2 Å². The maximum Gasteiger partial charge on any atom is 0.416 e. The number of rotatable bonds is 5. The van der Waals surface area contributed by atoms with Gasteiger partial charge in [0.25, 0.3) is 5.56 Å². The Balaban J connectivity index is 2.21. The van der Waals surface area contributed by atoms with Crippen LogP contribution in [-0.2, 0) is 6.18 Å². The molecular weight excluding hydrogens is 387 g/mol. The van der Waals surface area contributed by atoms with Gasteiger partial charge in [0.1, 0.15) is 0 Å². The van der Waals surface area contributed by atoms with Crippen molar-refractivity contribution in [3.8, 4) is 34.2 Å². The van der Waals surface area contributed by atoms with Crippen LogP contribution in [0.15, 0.2) is 59.4 Å². The molecule has 2 aromatic carbocycles.